The Hall–Kier alpha value is -3.68. The molecule has 0 saturated carbocycles. The highest BCUT2D eigenvalue weighted by Crippen LogP contribution is 2.31. The lowest BCUT2D eigenvalue weighted by Gasteiger charge is -2.21. The zero-order chi connectivity index (χ0) is 19.0. The SMILES string of the molecule is O=C(CN1C(=O)CCOc2ccccc21)ON1C(=O)c2ccccc2C1=O. The molecule has 0 bridgehead atoms. The molecule has 0 aromatic heterocycles. The molecule has 2 heterocycles. The number of ether oxygens (including phenoxy) is 1. The Labute approximate surface area is 153 Å². The number of nitrogens with zero attached hydrogens (tertiary/aromatic N) is 2. The molecule has 8 nitrogen and oxygen atoms in total. The Bertz CT molecular complexity index is 935. The Balaban J connectivity index is 1.53. The fraction of sp³-hybridized carbons (Fsp3) is 0.158. The molecule has 0 fully saturated rings. The van der Waals surface area contributed by atoms with Crippen LogP contribution in [-0.4, -0.2) is 41.9 Å². The Morgan fingerprint density at radius 1 is 0.963 bits per heavy atom. The fourth-order valence-corrected chi connectivity index (χ4v) is 3.00. The van der Waals surface area contributed by atoms with Crippen molar-refractivity contribution in [1.29, 1.82) is 0 Å². The summed E-state index contributed by atoms with van der Waals surface area (Å²) in [7, 11) is 0. The highest BCUT2D eigenvalue weighted by atomic mass is 16.7. The molecule has 0 aliphatic carbocycles. The monoisotopic (exact) mass is 366 g/mol. The number of hydroxylamine groups is 2. The van der Waals surface area contributed by atoms with E-state index in [4.69, 9.17) is 9.57 Å². The van der Waals surface area contributed by atoms with Crippen molar-refractivity contribution in [2.24, 2.45) is 0 Å². The van der Waals surface area contributed by atoms with Crippen LogP contribution in [0.2, 0.25) is 0 Å². The van der Waals surface area contributed by atoms with Gasteiger partial charge in [0.1, 0.15) is 12.3 Å². The van der Waals surface area contributed by atoms with Crippen LogP contribution in [-0.2, 0) is 14.4 Å². The minimum absolute atomic E-state index is 0.0922. The number of anilines is 1. The number of carbonyl (C=O) groups is 4. The summed E-state index contributed by atoms with van der Waals surface area (Å²) in [6.45, 7) is -0.258. The number of hydrogen-bond acceptors (Lipinski definition) is 6. The van der Waals surface area contributed by atoms with Gasteiger partial charge in [0.2, 0.25) is 5.91 Å². The Morgan fingerprint density at radius 2 is 1.59 bits per heavy atom. The van der Waals surface area contributed by atoms with Crippen molar-refractivity contribution in [3.05, 3.63) is 59.7 Å². The predicted octanol–water partition coefficient (Wildman–Crippen LogP) is 1.56. The molecule has 8 heteroatoms. The quantitative estimate of drug-likeness (QED) is 0.766. The molecule has 0 unspecified atom stereocenters. The average molecular weight is 366 g/mol. The fourth-order valence-electron chi connectivity index (χ4n) is 3.00. The van der Waals surface area contributed by atoms with Gasteiger partial charge < -0.3 is 9.57 Å². The second-order valence-electron chi connectivity index (χ2n) is 5.96. The number of imide groups is 1. The lowest BCUT2D eigenvalue weighted by Crippen LogP contribution is -2.40. The van der Waals surface area contributed by atoms with Crippen LogP contribution >= 0.6 is 0 Å². The van der Waals surface area contributed by atoms with Crippen LogP contribution in [0.15, 0.2) is 48.5 Å². The molecule has 4 rings (SSSR count). The van der Waals surface area contributed by atoms with E-state index in [1.165, 1.54) is 17.0 Å². The molecule has 27 heavy (non-hydrogen) atoms. The summed E-state index contributed by atoms with van der Waals surface area (Å²) in [6, 6.07) is 13.0. The average Bonchev–Trinajstić information content (AvgIpc) is 2.81. The molecule has 0 spiro atoms. The zero-order valence-corrected chi connectivity index (χ0v) is 14.1. The number of carbonyl (C=O) groups excluding carboxylic acids is 4. The van der Waals surface area contributed by atoms with Gasteiger partial charge in [-0.2, -0.15) is 0 Å². The van der Waals surface area contributed by atoms with Crippen molar-refractivity contribution in [2.45, 2.75) is 6.42 Å². The summed E-state index contributed by atoms with van der Waals surface area (Å²) in [5.41, 5.74) is 0.763. The maximum atomic E-state index is 12.4. The van der Waals surface area contributed by atoms with Crippen LogP contribution in [0.1, 0.15) is 27.1 Å². The van der Waals surface area contributed by atoms with E-state index in [-0.39, 0.29) is 30.1 Å². The third-order valence-electron chi connectivity index (χ3n) is 4.27. The maximum Gasteiger partial charge on any atom is 0.352 e. The van der Waals surface area contributed by atoms with Crippen LogP contribution in [0, 0.1) is 0 Å². The summed E-state index contributed by atoms with van der Waals surface area (Å²) in [5, 5.41) is 0.428. The summed E-state index contributed by atoms with van der Waals surface area (Å²) >= 11 is 0. The van der Waals surface area contributed by atoms with Gasteiger partial charge >= 0.3 is 5.97 Å². The van der Waals surface area contributed by atoms with Crippen LogP contribution < -0.4 is 9.64 Å². The van der Waals surface area contributed by atoms with Gasteiger partial charge in [-0.1, -0.05) is 29.3 Å². The van der Waals surface area contributed by atoms with E-state index in [1.54, 1.807) is 36.4 Å². The molecule has 136 valence electrons. The van der Waals surface area contributed by atoms with Crippen molar-refractivity contribution in [1.82, 2.24) is 5.06 Å². The lowest BCUT2D eigenvalue weighted by atomic mass is 10.1. The molecule has 2 aromatic carbocycles. The van der Waals surface area contributed by atoms with Gasteiger partial charge in [-0.25, -0.2) is 4.79 Å². The summed E-state index contributed by atoms with van der Waals surface area (Å²) in [4.78, 5) is 55.5. The topological polar surface area (TPSA) is 93.2 Å². The molecule has 2 aliphatic rings. The summed E-state index contributed by atoms with van der Waals surface area (Å²) in [6.07, 6.45) is 0.0922. The molecule has 0 N–H and O–H groups in total. The molecular weight excluding hydrogens is 352 g/mol. The van der Waals surface area contributed by atoms with E-state index >= 15 is 0 Å². The largest absolute Gasteiger partial charge is 0.491 e. The first-order valence-electron chi connectivity index (χ1n) is 8.27. The van der Waals surface area contributed by atoms with E-state index in [0.717, 1.165) is 0 Å². The molecule has 2 aliphatic heterocycles. The van der Waals surface area contributed by atoms with Crippen LogP contribution in [0.25, 0.3) is 0 Å². The minimum Gasteiger partial charge on any atom is -0.491 e. The van der Waals surface area contributed by atoms with Gasteiger partial charge in [-0.15, -0.1) is 0 Å². The van der Waals surface area contributed by atoms with Crippen molar-refractivity contribution < 1.29 is 28.8 Å². The molecular formula is C19H14N2O6. The third-order valence-corrected chi connectivity index (χ3v) is 4.27. The van der Waals surface area contributed by atoms with Gasteiger partial charge in [0, 0.05) is 0 Å². The molecule has 0 saturated heterocycles. The number of para-hydroxylation sites is 2. The minimum atomic E-state index is -0.908. The number of rotatable bonds is 3. The van der Waals surface area contributed by atoms with Crippen molar-refractivity contribution in [2.75, 3.05) is 18.1 Å². The highest BCUT2D eigenvalue weighted by molar-refractivity contribution is 6.21. The number of fused-ring (bicyclic) bond motifs is 2. The van der Waals surface area contributed by atoms with Crippen LogP contribution in [0.3, 0.4) is 0 Å². The van der Waals surface area contributed by atoms with Gasteiger partial charge in [0.15, 0.2) is 0 Å². The van der Waals surface area contributed by atoms with Crippen LogP contribution in [0.5, 0.6) is 5.75 Å². The summed E-state index contributed by atoms with van der Waals surface area (Å²) in [5.74, 6) is -2.18. The number of benzene rings is 2. The highest BCUT2D eigenvalue weighted by Gasteiger charge is 2.39. The molecule has 2 aromatic rings. The second-order valence-corrected chi connectivity index (χ2v) is 5.96. The van der Waals surface area contributed by atoms with E-state index in [9.17, 15) is 19.2 Å². The molecule has 0 atom stereocenters. The number of amides is 3. The van der Waals surface area contributed by atoms with E-state index < -0.39 is 24.3 Å². The normalized spacial score (nSPS) is 15.8. The first-order chi connectivity index (χ1) is 13.1. The van der Waals surface area contributed by atoms with Gasteiger partial charge in [0.05, 0.1) is 29.8 Å². The van der Waals surface area contributed by atoms with Crippen molar-refractivity contribution >= 4 is 29.4 Å². The number of hydrogen-bond donors (Lipinski definition) is 0. The first-order valence-corrected chi connectivity index (χ1v) is 8.27. The van der Waals surface area contributed by atoms with Gasteiger partial charge in [0.25, 0.3) is 11.8 Å². The van der Waals surface area contributed by atoms with E-state index in [0.29, 0.717) is 16.5 Å². The van der Waals surface area contributed by atoms with Gasteiger partial charge in [-0.3, -0.25) is 19.3 Å². The first kappa shape index (κ1) is 16.8. The smallest absolute Gasteiger partial charge is 0.352 e. The van der Waals surface area contributed by atoms with E-state index in [2.05, 4.69) is 0 Å². The van der Waals surface area contributed by atoms with Crippen LogP contribution in [0.4, 0.5) is 5.69 Å². The van der Waals surface area contributed by atoms with Crippen molar-refractivity contribution in [3.63, 3.8) is 0 Å². The van der Waals surface area contributed by atoms with Crippen molar-refractivity contribution in [3.8, 4) is 5.75 Å². The van der Waals surface area contributed by atoms with Gasteiger partial charge in [-0.05, 0) is 24.3 Å². The lowest BCUT2D eigenvalue weighted by molar-refractivity contribution is -0.167. The van der Waals surface area contributed by atoms with E-state index in [1.807, 2.05) is 0 Å². The third kappa shape index (κ3) is 2.91. The standard InChI is InChI=1S/C19H14N2O6/c22-16-9-10-26-15-8-4-3-7-14(15)20(16)11-17(23)27-21-18(24)12-5-1-2-6-13(12)19(21)25/h1-8H,9-11H2. The molecule has 0 radical (unpaired) electrons. The molecule has 3 amide bonds. The maximum absolute atomic E-state index is 12.4. The zero-order valence-electron chi connectivity index (χ0n) is 14.1. The Morgan fingerprint density at radius 3 is 2.30 bits per heavy atom. The Kier molecular flexibility index (Phi) is 4.08. The summed E-state index contributed by atoms with van der Waals surface area (Å²) < 4.78 is 5.51. The second kappa shape index (κ2) is 6.56. The predicted molar refractivity (Wildman–Crippen MR) is 91.9 cm³/mol.